The molecule has 0 fully saturated rings. The van der Waals surface area contributed by atoms with Crippen LogP contribution < -0.4 is 0 Å². The van der Waals surface area contributed by atoms with Crippen LogP contribution in [0.3, 0.4) is 0 Å². The minimum absolute atomic E-state index is 0.311. The van der Waals surface area contributed by atoms with Crippen molar-refractivity contribution in [2.75, 3.05) is 0 Å². The number of hydrogen-bond acceptors (Lipinski definition) is 4. The van der Waals surface area contributed by atoms with Gasteiger partial charge in [0, 0.05) is 29.9 Å². The second-order valence-corrected chi connectivity index (χ2v) is 5.08. The van der Waals surface area contributed by atoms with E-state index in [-0.39, 0.29) is 6.10 Å². The van der Waals surface area contributed by atoms with Gasteiger partial charge in [0.1, 0.15) is 0 Å². The normalized spacial score (nSPS) is 12.6. The highest BCUT2D eigenvalue weighted by atomic mass is 32.1. The first-order chi connectivity index (χ1) is 8.24. The van der Waals surface area contributed by atoms with Crippen LogP contribution in [0.15, 0.2) is 29.9 Å². The topological polar surface area (TPSA) is 46.0 Å². The summed E-state index contributed by atoms with van der Waals surface area (Å²) in [5, 5.41) is 13.0. The number of pyridine rings is 1. The van der Waals surface area contributed by atoms with Crippen LogP contribution in [0.25, 0.3) is 0 Å². The molecule has 1 unspecified atom stereocenters. The van der Waals surface area contributed by atoms with Gasteiger partial charge in [-0.1, -0.05) is 0 Å². The minimum atomic E-state index is -0.311. The molecular weight excluding hydrogens is 232 g/mol. The lowest BCUT2D eigenvalue weighted by Gasteiger charge is -2.08. The molecule has 1 N–H and O–H groups in total. The summed E-state index contributed by atoms with van der Waals surface area (Å²) in [7, 11) is 0. The van der Waals surface area contributed by atoms with E-state index in [9.17, 15) is 5.11 Å². The number of thiazole rings is 1. The van der Waals surface area contributed by atoms with E-state index >= 15 is 0 Å². The van der Waals surface area contributed by atoms with Gasteiger partial charge in [0.05, 0.1) is 11.1 Å². The van der Waals surface area contributed by atoms with E-state index in [0.29, 0.717) is 6.42 Å². The predicted molar refractivity (Wildman–Crippen MR) is 69.1 cm³/mol. The Labute approximate surface area is 105 Å². The standard InChI is InChI=1S/C13H16N2OS/c1-10-9-17-13(15-10)8-12(16)3-2-11-4-6-14-7-5-11/h4-7,9,12,16H,2-3,8H2,1H3. The second-order valence-electron chi connectivity index (χ2n) is 4.13. The van der Waals surface area contributed by atoms with Crippen molar-refractivity contribution in [1.29, 1.82) is 0 Å². The molecular formula is C13H16N2OS. The van der Waals surface area contributed by atoms with Gasteiger partial charge in [-0.05, 0) is 37.5 Å². The fraction of sp³-hybridized carbons (Fsp3) is 0.385. The predicted octanol–water partition coefficient (Wildman–Crippen LogP) is 2.38. The molecule has 2 aromatic rings. The van der Waals surface area contributed by atoms with Crippen molar-refractivity contribution in [1.82, 2.24) is 9.97 Å². The first-order valence-electron chi connectivity index (χ1n) is 5.72. The van der Waals surface area contributed by atoms with Gasteiger partial charge >= 0.3 is 0 Å². The number of rotatable bonds is 5. The van der Waals surface area contributed by atoms with Gasteiger partial charge in [-0.15, -0.1) is 11.3 Å². The third-order valence-electron chi connectivity index (χ3n) is 2.59. The summed E-state index contributed by atoms with van der Waals surface area (Å²) < 4.78 is 0. The summed E-state index contributed by atoms with van der Waals surface area (Å²) in [6.07, 6.45) is 5.56. The highest BCUT2D eigenvalue weighted by Crippen LogP contribution is 2.13. The molecule has 17 heavy (non-hydrogen) atoms. The zero-order valence-corrected chi connectivity index (χ0v) is 10.7. The Morgan fingerprint density at radius 3 is 2.76 bits per heavy atom. The first kappa shape index (κ1) is 12.2. The molecule has 0 aromatic carbocycles. The molecule has 0 amide bonds. The second kappa shape index (κ2) is 5.89. The monoisotopic (exact) mass is 248 g/mol. The van der Waals surface area contributed by atoms with E-state index in [0.717, 1.165) is 23.5 Å². The van der Waals surface area contributed by atoms with Gasteiger partial charge in [0.2, 0.25) is 0 Å². The Balaban J connectivity index is 1.80. The zero-order valence-electron chi connectivity index (χ0n) is 9.84. The van der Waals surface area contributed by atoms with Gasteiger partial charge in [-0.2, -0.15) is 0 Å². The molecule has 0 saturated heterocycles. The molecule has 0 spiro atoms. The molecule has 0 radical (unpaired) electrons. The Bertz CT molecular complexity index is 455. The van der Waals surface area contributed by atoms with Gasteiger partial charge in [-0.25, -0.2) is 4.98 Å². The number of aromatic nitrogens is 2. The molecule has 4 heteroatoms. The molecule has 2 aromatic heterocycles. The van der Waals surface area contributed by atoms with Crippen molar-refractivity contribution in [3.05, 3.63) is 46.2 Å². The minimum Gasteiger partial charge on any atom is -0.393 e. The van der Waals surface area contributed by atoms with Gasteiger partial charge < -0.3 is 5.11 Å². The Morgan fingerprint density at radius 1 is 1.35 bits per heavy atom. The fourth-order valence-electron chi connectivity index (χ4n) is 1.68. The summed E-state index contributed by atoms with van der Waals surface area (Å²) in [6, 6.07) is 3.97. The van der Waals surface area contributed by atoms with Crippen LogP contribution in [-0.2, 0) is 12.8 Å². The maximum absolute atomic E-state index is 9.92. The zero-order chi connectivity index (χ0) is 12.1. The SMILES string of the molecule is Cc1csc(CC(O)CCc2ccncc2)n1. The lowest BCUT2D eigenvalue weighted by molar-refractivity contribution is 0.165. The van der Waals surface area contributed by atoms with Crippen molar-refractivity contribution in [2.45, 2.75) is 32.3 Å². The molecule has 0 aliphatic heterocycles. The molecule has 2 heterocycles. The van der Waals surface area contributed by atoms with Crippen LogP contribution in [0, 0.1) is 6.92 Å². The maximum Gasteiger partial charge on any atom is 0.0953 e. The van der Waals surface area contributed by atoms with E-state index in [1.165, 1.54) is 5.56 Å². The van der Waals surface area contributed by atoms with E-state index in [1.54, 1.807) is 23.7 Å². The smallest absolute Gasteiger partial charge is 0.0953 e. The quantitative estimate of drug-likeness (QED) is 0.883. The molecule has 2 rings (SSSR count). The lowest BCUT2D eigenvalue weighted by atomic mass is 10.1. The van der Waals surface area contributed by atoms with E-state index in [2.05, 4.69) is 9.97 Å². The molecule has 0 aliphatic rings. The van der Waals surface area contributed by atoms with Crippen LogP contribution in [0.5, 0.6) is 0 Å². The van der Waals surface area contributed by atoms with Crippen molar-refractivity contribution in [3.63, 3.8) is 0 Å². The van der Waals surface area contributed by atoms with Crippen molar-refractivity contribution in [3.8, 4) is 0 Å². The third-order valence-corrected chi connectivity index (χ3v) is 3.58. The van der Waals surface area contributed by atoms with E-state index < -0.39 is 0 Å². The maximum atomic E-state index is 9.92. The van der Waals surface area contributed by atoms with Crippen LogP contribution in [0.1, 0.15) is 22.7 Å². The number of aryl methyl sites for hydroxylation is 2. The Kier molecular flexibility index (Phi) is 4.23. The average Bonchev–Trinajstić information content (AvgIpc) is 2.73. The molecule has 1 atom stereocenters. The largest absolute Gasteiger partial charge is 0.393 e. The fourth-order valence-corrected chi connectivity index (χ4v) is 2.53. The number of nitrogens with zero attached hydrogens (tertiary/aromatic N) is 2. The van der Waals surface area contributed by atoms with E-state index in [4.69, 9.17) is 0 Å². The first-order valence-corrected chi connectivity index (χ1v) is 6.60. The Morgan fingerprint density at radius 2 is 2.12 bits per heavy atom. The molecule has 90 valence electrons. The lowest BCUT2D eigenvalue weighted by Crippen LogP contribution is -2.11. The van der Waals surface area contributed by atoms with Gasteiger partial charge in [-0.3, -0.25) is 4.98 Å². The van der Waals surface area contributed by atoms with Gasteiger partial charge in [0.25, 0.3) is 0 Å². The van der Waals surface area contributed by atoms with Crippen molar-refractivity contribution >= 4 is 11.3 Å². The average molecular weight is 248 g/mol. The van der Waals surface area contributed by atoms with E-state index in [1.807, 2.05) is 24.4 Å². The molecule has 0 saturated carbocycles. The summed E-state index contributed by atoms with van der Waals surface area (Å²) in [5.74, 6) is 0. The van der Waals surface area contributed by atoms with Crippen LogP contribution >= 0.6 is 11.3 Å². The molecule has 3 nitrogen and oxygen atoms in total. The van der Waals surface area contributed by atoms with Gasteiger partial charge in [0.15, 0.2) is 0 Å². The summed E-state index contributed by atoms with van der Waals surface area (Å²) in [6.45, 7) is 1.98. The summed E-state index contributed by atoms with van der Waals surface area (Å²) >= 11 is 1.62. The molecule has 0 aliphatic carbocycles. The number of hydrogen-bond donors (Lipinski definition) is 1. The highest BCUT2D eigenvalue weighted by Gasteiger charge is 2.08. The number of aliphatic hydroxyl groups excluding tert-OH is 1. The number of aliphatic hydroxyl groups is 1. The van der Waals surface area contributed by atoms with Crippen molar-refractivity contribution in [2.24, 2.45) is 0 Å². The Hall–Kier alpha value is -1.26. The summed E-state index contributed by atoms with van der Waals surface area (Å²) in [4.78, 5) is 8.33. The van der Waals surface area contributed by atoms with Crippen LogP contribution in [-0.4, -0.2) is 21.2 Å². The summed E-state index contributed by atoms with van der Waals surface area (Å²) in [5.41, 5.74) is 2.25. The van der Waals surface area contributed by atoms with Crippen LogP contribution in [0.4, 0.5) is 0 Å². The third kappa shape index (κ3) is 3.91. The molecule has 0 bridgehead atoms. The highest BCUT2D eigenvalue weighted by molar-refractivity contribution is 7.09. The van der Waals surface area contributed by atoms with Crippen molar-refractivity contribution < 1.29 is 5.11 Å². The van der Waals surface area contributed by atoms with Crippen LogP contribution in [0.2, 0.25) is 0 Å².